The summed E-state index contributed by atoms with van der Waals surface area (Å²) >= 11 is 0. The van der Waals surface area contributed by atoms with E-state index in [1.807, 2.05) is 18.2 Å². The van der Waals surface area contributed by atoms with Gasteiger partial charge in [0.1, 0.15) is 0 Å². The lowest BCUT2D eigenvalue weighted by Crippen LogP contribution is -2.15. The van der Waals surface area contributed by atoms with Crippen molar-refractivity contribution in [3.05, 3.63) is 23.8 Å². The van der Waals surface area contributed by atoms with Crippen LogP contribution in [0, 0.1) is 11.3 Å². The Labute approximate surface area is 103 Å². The van der Waals surface area contributed by atoms with Crippen LogP contribution in [0.15, 0.2) is 18.2 Å². The lowest BCUT2D eigenvalue weighted by atomic mass is 9.97. The molecule has 0 aliphatic heterocycles. The highest BCUT2D eigenvalue weighted by atomic mass is 16.5. The highest BCUT2D eigenvalue weighted by molar-refractivity contribution is 5.44. The minimum absolute atomic E-state index is 0.0878. The lowest BCUT2D eigenvalue weighted by molar-refractivity contribution is 0.353. The highest BCUT2D eigenvalue weighted by Gasteiger charge is 2.49. The van der Waals surface area contributed by atoms with Gasteiger partial charge in [-0.15, -0.1) is 0 Å². The first kappa shape index (κ1) is 12.2. The molecular weight excluding hydrogens is 214 g/mol. The van der Waals surface area contributed by atoms with Gasteiger partial charge in [0.25, 0.3) is 0 Å². The normalized spacial score (nSPS) is 23.0. The Morgan fingerprint density at radius 1 is 1.24 bits per heavy atom. The number of hydrogen-bond donors (Lipinski definition) is 1. The minimum Gasteiger partial charge on any atom is -0.493 e. The first-order valence-electron chi connectivity index (χ1n) is 5.97. The molecule has 0 aromatic heterocycles. The molecule has 3 heteroatoms. The summed E-state index contributed by atoms with van der Waals surface area (Å²) in [4.78, 5) is 0. The summed E-state index contributed by atoms with van der Waals surface area (Å²) < 4.78 is 10.5. The third-order valence-corrected chi connectivity index (χ3v) is 3.82. The van der Waals surface area contributed by atoms with Crippen LogP contribution in [0.1, 0.15) is 31.9 Å². The zero-order valence-corrected chi connectivity index (χ0v) is 11.0. The van der Waals surface area contributed by atoms with Gasteiger partial charge in [0.2, 0.25) is 0 Å². The maximum absolute atomic E-state index is 6.29. The summed E-state index contributed by atoms with van der Waals surface area (Å²) in [7, 11) is 3.29. The number of ether oxygens (including phenoxy) is 2. The number of methoxy groups -OCH3 is 2. The van der Waals surface area contributed by atoms with Crippen LogP contribution in [0.25, 0.3) is 0 Å². The molecule has 0 radical (unpaired) electrons. The molecule has 0 spiro atoms. The Morgan fingerprint density at radius 3 is 2.29 bits per heavy atom. The van der Waals surface area contributed by atoms with Crippen molar-refractivity contribution in [2.75, 3.05) is 14.2 Å². The van der Waals surface area contributed by atoms with Gasteiger partial charge in [-0.3, -0.25) is 0 Å². The molecule has 1 aliphatic carbocycles. The second-order valence-corrected chi connectivity index (χ2v) is 5.44. The third-order valence-electron chi connectivity index (χ3n) is 3.82. The fourth-order valence-electron chi connectivity index (χ4n) is 2.41. The molecule has 2 N–H and O–H groups in total. The molecule has 2 unspecified atom stereocenters. The fraction of sp³-hybridized carbons (Fsp3) is 0.571. The van der Waals surface area contributed by atoms with E-state index in [1.165, 1.54) is 6.42 Å². The van der Waals surface area contributed by atoms with Gasteiger partial charge in [-0.1, -0.05) is 19.9 Å². The molecule has 17 heavy (non-hydrogen) atoms. The van der Waals surface area contributed by atoms with E-state index in [2.05, 4.69) is 13.8 Å². The summed E-state index contributed by atoms with van der Waals surface area (Å²) in [5, 5.41) is 0. The van der Waals surface area contributed by atoms with Crippen LogP contribution in [-0.2, 0) is 0 Å². The zero-order chi connectivity index (χ0) is 12.6. The highest BCUT2D eigenvalue weighted by Crippen LogP contribution is 2.57. The van der Waals surface area contributed by atoms with Gasteiger partial charge < -0.3 is 15.2 Å². The van der Waals surface area contributed by atoms with Crippen LogP contribution in [0.3, 0.4) is 0 Å². The van der Waals surface area contributed by atoms with Crippen LogP contribution in [0.4, 0.5) is 0 Å². The maximum atomic E-state index is 6.29. The molecule has 3 nitrogen and oxygen atoms in total. The predicted molar refractivity (Wildman–Crippen MR) is 68.4 cm³/mol. The van der Waals surface area contributed by atoms with Crippen molar-refractivity contribution in [2.24, 2.45) is 17.1 Å². The van der Waals surface area contributed by atoms with Crippen molar-refractivity contribution in [3.63, 3.8) is 0 Å². The molecule has 1 aromatic carbocycles. The maximum Gasteiger partial charge on any atom is 0.161 e. The van der Waals surface area contributed by atoms with Gasteiger partial charge in [-0.05, 0) is 35.4 Å². The fourth-order valence-corrected chi connectivity index (χ4v) is 2.41. The summed E-state index contributed by atoms with van der Waals surface area (Å²) in [5.74, 6) is 2.07. The van der Waals surface area contributed by atoms with Crippen molar-refractivity contribution >= 4 is 0 Å². The monoisotopic (exact) mass is 235 g/mol. The van der Waals surface area contributed by atoms with E-state index < -0.39 is 0 Å². The Kier molecular flexibility index (Phi) is 3.04. The van der Waals surface area contributed by atoms with Crippen LogP contribution in [0.5, 0.6) is 11.5 Å². The van der Waals surface area contributed by atoms with E-state index in [9.17, 15) is 0 Å². The summed E-state index contributed by atoms with van der Waals surface area (Å²) in [5.41, 5.74) is 7.80. The first-order chi connectivity index (χ1) is 7.99. The SMILES string of the molecule is COc1ccc(C(N)C2CC2(C)C)cc1OC. The summed E-state index contributed by atoms with van der Waals surface area (Å²) in [6, 6.07) is 6.02. The lowest BCUT2D eigenvalue weighted by Gasteiger charge is -2.16. The average molecular weight is 235 g/mol. The Morgan fingerprint density at radius 2 is 1.82 bits per heavy atom. The second-order valence-electron chi connectivity index (χ2n) is 5.44. The Balaban J connectivity index is 2.22. The van der Waals surface area contributed by atoms with Crippen molar-refractivity contribution in [3.8, 4) is 11.5 Å². The van der Waals surface area contributed by atoms with Crippen LogP contribution in [-0.4, -0.2) is 14.2 Å². The zero-order valence-electron chi connectivity index (χ0n) is 11.0. The quantitative estimate of drug-likeness (QED) is 0.872. The molecule has 0 bridgehead atoms. The van der Waals surface area contributed by atoms with Crippen molar-refractivity contribution in [2.45, 2.75) is 26.3 Å². The van der Waals surface area contributed by atoms with E-state index in [1.54, 1.807) is 14.2 Å². The molecule has 0 amide bonds. The summed E-state index contributed by atoms with van der Waals surface area (Å²) in [6.45, 7) is 4.52. The van der Waals surface area contributed by atoms with E-state index in [4.69, 9.17) is 15.2 Å². The number of nitrogens with two attached hydrogens (primary N) is 1. The van der Waals surface area contributed by atoms with Gasteiger partial charge in [0.05, 0.1) is 14.2 Å². The number of hydrogen-bond acceptors (Lipinski definition) is 3. The molecule has 1 aliphatic rings. The topological polar surface area (TPSA) is 44.5 Å². The first-order valence-corrected chi connectivity index (χ1v) is 5.97. The molecule has 94 valence electrons. The van der Waals surface area contributed by atoms with Crippen LogP contribution < -0.4 is 15.2 Å². The Hall–Kier alpha value is -1.22. The van der Waals surface area contributed by atoms with Crippen molar-refractivity contribution in [1.82, 2.24) is 0 Å². The van der Waals surface area contributed by atoms with Gasteiger partial charge in [-0.2, -0.15) is 0 Å². The molecular formula is C14H21NO2. The van der Waals surface area contributed by atoms with E-state index in [0.717, 1.165) is 17.1 Å². The molecule has 2 rings (SSSR count). The number of rotatable bonds is 4. The number of benzene rings is 1. The van der Waals surface area contributed by atoms with E-state index in [-0.39, 0.29) is 6.04 Å². The Bertz CT molecular complexity index is 415. The largest absolute Gasteiger partial charge is 0.493 e. The van der Waals surface area contributed by atoms with Crippen LogP contribution in [0.2, 0.25) is 0 Å². The van der Waals surface area contributed by atoms with Gasteiger partial charge in [0, 0.05) is 6.04 Å². The molecule has 1 fully saturated rings. The van der Waals surface area contributed by atoms with Gasteiger partial charge in [0.15, 0.2) is 11.5 Å². The molecule has 1 saturated carbocycles. The van der Waals surface area contributed by atoms with E-state index in [0.29, 0.717) is 11.3 Å². The molecule has 2 atom stereocenters. The predicted octanol–water partition coefficient (Wildman–Crippen LogP) is 2.75. The minimum atomic E-state index is 0.0878. The van der Waals surface area contributed by atoms with Crippen molar-refractivity contribution < 1.29 is 9.47 Å². The standard InChI is InChI=1S/C14H21NO2/c1-14(2)8-10(14)13(15)9-5-6-11(16-3)12(7-9)17-4/h5-7,10,13H,8,15H2,1-4H3. The second kappa shape index (κ2) is 4.22. The molecule has 0 saturated heterocycles. The molecule has 0 heterocycles. The van der Waals surface area contributed by atoms with Crippen LogP contribution >= 0.6 is 0 Å². The van der Waals surface area contributed by atoms with Crippen molar-refractivity contribution in [1.29, 1.82) is 0 Å². The third kappa shape index (κ3) is 2.25. The average Bonchev–Trinajstić information content (AvgIpc) is 2.96. The summed E-state index contributed by atoms with van der Waals surface area (Å²) in [6.07, 6.45) is 1.20. The van der Waals surface area contributed by atoms with E-state index >= 15 is 0 Å². The molecule has 1 aromatic rings. The van der Waals surface area contributed by atoms with Gasteiger partial charge in [-0.25, -0.2) is 0 Å². The smallest absolute Gasteiger partial charge is 0.161 e. The van der Waals surface area contributed by atoms with Gasteiger partial charge >= 0.3 is 0 Å².